The zero-order valence-electron chi connectivity index (χ0n) is 10.0. The molecule has 1 aliphatic heterocycles. The summed E-state index contributed by atoms with van der Waals surface area (Å²) in [5.41, 5.74) is 0. The number of rotatable bonds is 6. The maximum absolute atomic E-state index is 11.0. The number of urea groups is 1. The van der Waals surface area contributed by atoms with Crippen molar-refractivity contribution in [3.8, 4) is 0 Å². The summed E-state index contributed by atoms with van der Waals surface area (Å²) in [6.07, 6.45) is 4.58. The van der Waals surface area contributed by atoms with Crippen molar-refractivity contribution in [1.82, 2.24) is 16.0 Å². The molecular weight excluding hydrogens is 206 g/mol. The highest BCUT2D eigenvalue weighted by Crippen LogP contribution is 2.11. The molecule has 3 amide bonds. The number of carbonyl (C=O) groups excluding carboxylic acids is 2. The maximum atomic E-state index is 11.0. The van der Waals surface area contributed by atoms with Crippen LogP contribution < -0.4 is 16.0 Å². The molecule has 2 atom stereocenters. The van der Waals surface area contributed by atoms with E-state index in [0.717, 1.165) is 25.7 Å². The van der Waals surface area contributed by atoms with Crippen LogP contribution in [0.2, 0.25) is 0 Å². The van der Waals surface area contributed by atoms with Crippen molar-refractivity contribution in [3.63, 3.8) is 0 Å². The highest BCUT2D eigenvalue weighted by Gasteiger charge is 2.26. The highest BCUT2D eigenvalue weighted by molar-refractivity contribution is 5.77. The Hall–Kier alpha value is -1.26. The third-order valence-corrected chi connectivity index (χ3v) is 2.98. The fourth-order valence-corrected chi connectivity index (χ4v) is 1.92. The van der Waals surface area contributed by atoms with Gasteiger partial charge in [0.2, 0.25) is 5.91 Å². The summed E-state index contributed by atoms with van der Waals surface area (Å²) in [5, 5.41) is 8.31. The number of amides is 3. The summed E-state index contributed by atoms with van der Waals surface area (Å²) in [6, 6.07) is 0.391. The highest BCUT2D eigenvalue weighted by atomic mass is 16.2. The summed E-state index contributed by atoms with van der Waals surface area (Å²) in [6.45, 7) is 2.01. The zero-order valence-corrected chi connectivity index (χ0v) is 10.0. The van der Waals surface area contributed by atoms with Crippen LogP contribution in [0, 0.1) is 0 Å². The van der Waals surface area contributed by atoms with E-state index >= 15 is 0 Å². The average Bonchev–Trinajstić information content (AvgIpc) is 2.56. The predicted molar refractivity (Wildman–Crippen MR) is 62.1 cm³/mol. The molecule has 0 spiro atoms. The molecule has 1 aliphatic rings. The van der Waals surface area contributed by atoms with Gasteiger partial charge in [-0.3, -0.25) is 4.79 Å². The molecule has 0 aromatic carbocycles. The summed E-state index contributed by atoms with van der Waals surface area (Å²) in [7, 11) is 1.66. The Morgan fingerprint density at radius 2 is 2.06 bits per heavy atom. The van der Waals surface area contributed by atoms with Gasteiger partial charge in [0, 0.05) is 19.5 Å². The van der Waals surface area contributed by atoms with E-state index in [1.165, 1.54) is 0 Å². The average molecular weight is 227 g/mol. The van der Waals surface area contributed by atoms with Crippen LogP contribution in [0.15, 0.2) is 0 Å². The molecule has 1 rings (SSSR count). The first-order valence-electron chi connectivity index (χ1n) is 5.91. The van der Waals surface area contributed by atoms with E-state index in [4.69, 9.17) is 0 Å². The Bertz CT molecular complexity index is 256. The van der Waals surface area contributed by atoms with Crippen LogP contribution in [-0.4, -0.2) is 31.1 Å². The summed E-state index contributed by atoms with van der Waals surface area (Å²) < 4.78 is 0. The van der Waals surface area contributed by atoms with Gasteiger partial charge >= 0.3 is 6.03 Å². The van der Waals surface area contributed by atoms with Crippen molar-refractivity contribution in [3.05, 3.63) is 0 Å². The molecule has 0 aliphatic carbocycles. The zero-order chi connectivity index (χ0) is 12.0. The van der Waals surface area contributed by atoms with Gasteiger partial charge in [-0.15, -0.1) is 0 Å². The topological polar surface area (TPSA) is 70.2 Å². The van der Waals surface area contributed by atoms with Gasteiger partial charge in [-0.2, -0.15) is 0 Å². The molecule has 1 fully saturated rings. The Morgan fingerprint density at radius 3 is 2.62 bits per heavy atom. The fraction of sp³-hybridized carbons (Fsp3) is 0.818. The van der Waals surface area contributed by atoms with Gasteiger partial charge in [0.25, 0.3) is 0 Å². The van der Waals surface area contributed by atoms with Crippen molar-refractivity contribution >= 4 is 11.9 Å². The molecular formula is C11H21N3O2. The minimum absolute atomic E-state index is 0.0668. The fourth-order valence-electron chi connectivity index (χ4n) is 1.92. The molecule has 0 unspecified atom stereocenters. The first kappa shape index (κ1) is 12.8. The van der Waals surface area contributed by atoms with Gasteiger partial charge in [-0.05, 0) is 19.8 Å². The smallest absolute Gasteiger partial charge is 0.315 e. The first-order chi connectivity index (χ1) is 7.63. The normalized spacial score (nSPS) is 23.8. The van der Waals surface area contributed by atoms with E-state index in [9.17, 15) is 9.59 Å². The molecule has 0 aromatic heterocycles. The van der Waals surface area contributed by atoms with Crippen LogP contribution >= 0.6 is 0 Å². The Labute approximate surface area is 96.4 Å². The van der Waals surface area contributed by atoms with Gasteiger partial charge < -0.3 is 16.0 Å². The lowest BCUT2D eigenvalue weighted by Crippen LogP contribution is -2.30. The van der Waals surface area contributed by atoms with Crippen molar-refractivity contribution < 1.29 is 9.59 Å². The van der Waals surface area contributed by atoms with Crippen LogP contribution in [0.4, 0.5) is 4.79 Å². The number of hydrogen-bond donors (Lipinski definition) is 3. The second-order valence-electron chi connectivity index (χ2n) is 4.29. The second kappa shape index (κ2) is 6.35. The van der Waals surface area contributed by atoms with Crippen molar-refractivity contribution in [2.24, 2.45) is 0 Å². The SMILES string of the molecule is CNC(=O)CCCCC[C@H]1NC(=O)N[C@H]1C. The summed E-state index contributed by atoms with van der Waals surface area (Å²) in [5.74, 6) is 0.101. The van der Waals surface area contributed by atoms with Crippen molar-refractivity contribution in [1.29, 1.82) is 0 Å². The monoisotopic (exact) mass is 227 g/mol. The lowest BCUT2D eigenvalue weighted by molar-refractivity contribution is -0.120. The largest absolute Gasteiger partial charge is 0.359 e. The molecule has 1 saturated heterocycles. The molecule has 5 heteroatoms. The van der Waals surface area contributed by atoms with E-state index in [1.807, 2.05) is 6.92 Å². The number of carbonyl (C=O) groups is 2. The van der Waals surface area contributed by atoms with Crippen LogP contribution in [-0.2, 0) is 4.79 Å². The molecule has 16 heavy (non-hydrogen) atoms. The third kappa shape index (κ3) is 4.08. The molecule has 0 saturated carbocycles. The van der Waals surface area contributed by atoms with Crippen LogP contribution in [0.1, 0.15) is 39.0 Å². The Morgan fingerprint density at radius 1 is 1.31 bits per heavy atom. The number of hydrogen-bond acceptors (Lipinski definition) is 2. The molecule has 0 aromatic rings. The van der Waals surface area contributed by atoms with Crippen LogP contribution in [0.3, 0.4) is 0 Å². The van der Waals surface area contributed by atoms with E-state index in [0.29, 0.717) is 6.42 Å². The molecule has 3 N–H and O–H groups in total. The molecule has 0 radical (unpaired) electrons. The Balaban J connectivity index is 2.03. The molecule has 5 nitrogen and oxygen atoms in total. The van der Waals surface area contributed by atoms with Gasteiger partial charge in [-0.25, -0.2) is 4.79 Å². The van der Waals surface area contributed by atoms with Gasteiger partial charge in [-0.1, -0.05) is 12.8 Å². The molecule has 1 heterocycles. The van der Waals surface area contributed by atoms with E-state index < -0.39 is 0 Å². The van der Waals surface area contributed by atoms with Crippen molar-refractivity contribution in [2.75, 3.05) is 7.05 Å². The van der Waals surface area contributed by atoms with Crippen LogP contribution in [0.25, 0.3) is 0 Å². The minimum atomic E-state index is -0.0668. The molecule has 92 valence electrons. The lowest BCUT2D eigenvalue weighted by atomic mass is 10.0. The summed E-state index contributed by atoms with van der Waals surface area (Å²) in [4.78, 5) is 22.0. The van der Waals surface area contributed by atoms with E-state index in [-0.39, 0.29) is 24.0 Å². The quantitative estimate of drug-likeness (QED) is 0.586. The maximum Gasteiger partial charge on any atom is 0.315 e. The summed E-state index contributed by atoms with van der Waals surface area (Å²) >= 11 is 0. The second-order valence-corrected chi connectivity index (χ2v) is 4.29. The van der Waals surface area contributed by atoms with Gasteiger partial charge in [0.05, 0.1) is 6.04 Å². The minimum Gasteiger partial charge on any atom is -0.359 e. The van der Waals surface area contributed by atoms with Gasteiger partial charge in [0.15, 0.2) is 0 Å². The third-order valence-electron chi connectivity index (χ3n) is 2.98. The van der Waals surface area contributed by atoms with E-state index in [2.05, 4.69) is 16.0 Å². The van der Waals surface area contributed by atoms with Crippen LogP contribution in [0.5, 0.6) is 0 Å². The lowest BCUT2D eigenvalue weighted by Gasteiger charge is -2.13. The Kier molecular flexibility index (Phi) is 5.08. The van der Waals surface area contributed by atoms with Crippen molar-refractivity contribution in [2.45, 2.75) is 51.1 Å². The number of unbranched alkanes of at least 4 members (excludes halogenated alkanes) is 2. The first-order valence-corrected chi connectivity index (χ1v) is 5.91. The molecule has 0 bridgehead atoms. The van der Waals surface area contributed by atoms with Gasteiger partial charge in [0.1, 0.15) is 0 Å². The predicted octanol–water partition coefficient (Wildman–Crippen LogP) is 0.753. The standard InChI is InChI=1S/C11H21N3O2/c1-8-9(14-11(16)13-8)6-4-3-5-7-10(15)12-2/h8-9H,3-7H2,1-2H3,(H,12,15)(H2,13,14,16)/t8-,9+/m0/s1. The number of nitrogens with one attached hydrogen (secondary N) is 3. The van der Waals surface area contributed by atoms with E-state index in [1.54, 1.807) is 7.05 Å².